The smallest absolute Gasteiger partial charge is 0.287 e. The second-order valence-corrected chi connectivity index (χ2v) is 8.09. The van der Waals surface area contributed by atoms with E-state index >= 15 is 0 Å². The third-order valence-electron chi connectivity index (χ3n) is 5.99. The van der Waals surface area contributed by atoms with E-state index in [2.05, 4.69) is 10.6 Å². The first-order valence-corrected chi connectivity index (χ1v) is 10.5. The maximum Gasteiger partial charge on any atom is 0.287 e. The van der Waals surface area contributed by atoms with Crippen LogP contribution >= 0.6 is 0 Å². The molecule has 0 saturated carbocycles. The molecule has 9 nitrogen and oxygen atoms in total. The summed E-state index contributed by atoms with van der Waals surface area (Å²) >= 11 is 0. The zero-order valence-electron chi connectivity index (χ0n) is 17.8. The third kappa shape index (κ3) is 3.82. The standard InChI is InChI=1S/C24H21N3O6/c1-32-16-3-6-19-14(9-16)10-20(33-19)23(30)25-11-13-2-4-17-15(8-13)12-27(24(17)31)18-5-7-21(28)26-22(18)29/h2-4,6,8-10,18H,5,7,11-12H2,1H3,(H,25,30)(H,26,28,29). The summed E-state index contributed by atoms with van der Waals surface area (Å²) in [7, 11) is 1.57. The molecular formula is C24H21N3O6. The average Bonchev–Trinajstić information content (AvgIpc) is 3.38. The van der Waals surface area contributed by atoms with E-state index in [4.69, 9.17) is 9.15 Å². The van der Waals surface area contributed by atoms with Gasteiger partial charge >= 0.3 is 0 Å². The predicted molar refractivity (Wildman–Crippen MR) is 116 cm³/mol. The Kier molecular flexibility index (Phi) is 5.08. The van der Waals surface area contributed by atoms with Gasteiger partial charge in [0.25, 0.3) is 11.8 Å². The van der Waals surface area contributed by atoms with Crippen LogP contribution in [0.5, 0.6) is 5.75 Å². The van der Waals surface area contributed by atoms with Gasteiger partial charge in [0, 0.05) is 30.5 Å². The molecule has 1 atom stereocenters. The lowest BCUT2D eigenvalue weighted by molar-refractivity contribution is -0.136. The summed E-state index contributed by atoms with van der Waals surface area (Å²) in [6.07, 6.45) is 0.527. The molecular weight excluding hydrogens is 426 g/mol. The number of carbonyl (C=O) groups is 4. The largest absolute Gasteiger partial charge is 0.497 e. The molecule has 3 heterocycles. The molecule has 5 rings (SSSR count). The maximum atomic E-state index is 12.8. The Balaban J connectivity index is 1.26. The summed E-state index contributed by atoms with van der Waals surface area (Å²) in [5, 5.41) is 5.89. The van der Waals surface area contributed by atoms with Crippen molar-refractivity contribution in [3.05, 3.63) is 64.9 Å². The number of nitrogens with one attached hydrogen (secondary N) is 2. The highest BCUT2D eigenvalue weighted by Crippen LogP contribution is 2.28. The van der Waals surface area contributed by atoms with Crippen molar-refractivity contribution in [2.45, 2.75) is 32.0 Å². The molecule has 3 aromatic rings. The lowest BCUT2D eigenvalue weighted by Gasteiger charge is -2.29. The van der Waals surface area contributed by atoms with Crippen LogP contribution in [-0.4, -0.2) is 41.7 Å². The summed E-state index contributed by atoms with van der Waals surface area (Å²) in [5.74, 6) is -0.474. The van der Waals surface area contributed by atoms with Crippen LogP contribution in [0.2, 0.25) is 0 Å². The van der Waals surface area contributed by atoms with Crippen LogP contribution in [0.25, 0.3) is 11.0 Å². The molecule has 1 aromatic heterocycles. The van der Waals surface area contributed by atoms with Crippen molar-refractivity contribution in [1.82, 2.24) is 15.5 Å². The number of imide groups is 1. The number of nitrogens with zero attached hydrogens (tertiary/aromatic N) is 1. The van der Waals surface area contributed by atoms with Gasteiger partial charge in [0.2, 0.25) is 11.8 Å². The molecule has 1 saturated heterocycles. The van der Waals surface area contributed by atoms with Crippen LogP contribution in [-0.2, 0) is 22.7 Å². The Bertz CT molecular complexity index is 1310. The Morgan fingerprint density at radius 3 is 2.82 bits per heavy atom. The summed E-state index contributed by atoms with van der Waals surface area (Å²) < 4.78 is 10.8. The number of methoxy groups -OCH3 is 1. The van der Waals surface area contributed by atoms with Crippen LogP contribution in [0, 0.1) is 0 Å². The van der Waals surface area contributed by atoms with Crippen LogP contribution in [0.1, 0.15) is 44.9 Å². The number of benzene rings is 2. The molecule has 168 valence electrons. The summed E-state index contributed by atoms with van der Waals surface area (Å²) in [6.45, 7) is 0.534. The lowest BCUT2D eigenvalue weighted by atomic mass is 10.0. The van der Waals surface area contributed by atoms with Gasteiger partial charge in [-0.1, -0.05) is 12.1 Å². The Morgan fingerprint density at radius 1 is 1.18 bits per heavy atom. The number of hydrogen-bond donors (Lipinski definition) is 2. The monoisotopic (exact) mass is 447 g/mol. The van der Waals surface area contributed by atoms with E-state index in [-0.39, 0.29) is 43.0 Å². The van der Waals surface area contributed by atoms with Gasteiger partial charge in [-0.25, -0.2) is 0 Å². The Hall–Kier alpha value is -4.14. The molecule has 4 amide bonds. The molecule has 2 N–H and O–H groups in total. The summed E-state index contributed by atoms with van der Waals surface area (Å²) in [6, 6.07) is 11.6. The molecule has 1 unspecified atom stereocenters. The number of ether oxygens (including phenoxy) is 1. The molecule has 0 aliphatic carbocycles. The Labute approximate surface area is 188 Å². The van der Waals surface area contributed by atoms with Crippen LogP contribution < -0.4 is 15.4 Å². The third-order valence-corrected chi connectivity index (χ3v) is 5.99. The first-order valence-electron chi connectivity index (χ1n) is 10.5. The molecule has 2 aliphatic rings. The number of hydrogen-bond acceptors (Lipinski definition) is 6. The van der Waals surface area contributed by atoms with Crippen molar-refractivity contribution in [2.75, 3.05) is 7.11 Å². The number of carbonyl (C=O) groups excluding carboxylic acids is 4. The number of rotatable bonds is 5. The normalized spacial score (nSPS) is 17.8. The zero-order valence-corrected chi connectivity index (χ0v) is 17.8. The quantitative estimate of drug-likeness (QED) is 0.579. The average molecular weight is 447 g/mol. The van der Waals surface area contributed by atoms with Crippen molar-refractivity contribution in [2.24, 2.45) is 0 Å². The first-order chi connectivity index (χ1) is 15.9. The minimum Gasteiger partial charge on any atom is -0.497 e. The minimum absolute atomic E-state index is 0.193. The maximum absolute atomic E-state index is 12.8. The van der Waals surface area contributed by atoms with Crippen LogP contribution in [0.4, 0.5) is 0 Å². The molecule has 9 heteroatoms. The first kappa shape index (κ1) is 20.7. The molecule has 1 fully saturated rings. The van der Waals surface area contributed by atoms with E-state index in [1.54, 1.807) is 43.5 Å². The second-order valence-electron chi connectivity index (χ2n) is 8.09. The summed E-state index contributed by atoms with van der Waals surface area (Å²) in [4.78, 5) is 50.4. The highest BCUT2D eigenvalue weighted by atomic mass is 16.5. The van der Waals surface area contributed by atoms with Crippen molar-refractivity contribution in [3.8, 4) is 5.75 Å². The van der Waals surface area contributed by atoms with Gasteiger partial charge in [-0.05, 0) is 47.9 Å². The van der Waals surface area contributed by atoms with E-state index in [1.165, 1.54) is 4.90 Å². The van der Waals surface area contributed by atoms with E-state index in [0.29, 0.717) is 23.3 Å². The lowest BCUT2D eigenvalue weighted by Crippen LogP contribution is -2.52. The predicted octanol–water partition coefficient (Wildman–Crippen LogP) is 2.13. The van der Waals surface area contributed by atoms with E-state index in [0.717, 1.165) is 16.5 Å². The summed E-state index contributed by atoms with van der Waals surface area (Å²) in [5.41, 5.74) is 2.72. The van der Waals surface area contributed by atoms with Crippen molar-refractivity contribution >= 4 is 34.6 Å². The second kappa shape index (κ2) is 8.09. The highest BCUT2D eigenvalue weighted by molar-refractivity contribution is 6.05. The number of furan rings is 1. The Morgan fingerprint density at radius 2 is 2.03 bits per heavy atom. The van der Waals surface area contributed by atoms with Gasteiger partial charge in [0.05, 0.1) is 7.11 Å². The fraction of sp³-hybridized carbons (Fsp3) is 0.250. The fourth-order valence-electron chi connectivity index (χ4n) is 4.27. The molecule has 0 radical (unpaired) electrons. The van der Waals surface area contributed by atoms with Gasteiger partial charge in [-0.3, -0.25) is 24.5 Å². The van der Waals surface area contributed by atoms with Gasteiger partial charge in [0.15, 0.2) is 5.76 Å². The minimum atomic E-state index is -0.655. The van der Waals surface area contributed by atoms with Gasteiger partial charge in [0.1, 0.15) is 17.4 Å². The molecule has 0 bridgehead atoms. The molecule has 33 heavy (non-hydrogen) atoms. The SMILES string of the molecule is COc1ccc2oc(C(=O)NCc3ccc4c(c3)CN(C3CCC(=O)NC3=O)C4=O)cc2c1. The number of piperidine rings is 1. The van der Waals surface area contributed by atoms with Crippen molar-refractivity contribution in [1.29, 1.82) is 0 Å². The zero-order chi connectivity index (χ0) is 23.1. The molecule has 2 aliphatic heterocycles. The van der Waals surface area contributed by atoms with E-state index in [1.807, 2.05) is 6.07 Å². The van der Waals surface area contributed by atoms with Crippen molar-refractivity contribution in [3.63, 3.8) is 0 Å². The molecule has 2 aromatic carbocycles. The van der Waals surface area contributed by atoms with Gasteiger partial charge < -0.3 is 19.4 Å². The van der Waals surface area contributed by atoms with Crippen molar-refractivity contribution < 1.29 is 28.3 Å². The molecule has 0 spiro atoms. The topological polar surface area (TPSA) is 118 Å². The van der Waals surface area contributed by atoms with E-state index in [9.17, 15) is 19.2 Å². The van der Waals surface area contributed by atoms with Gasteiger partial charge in [-0.2, -0.15) is 0 Å². The fourth-order valence-corrected chi connectivity index (χ4v) is 4.27. The van der Waals surface area contributed by atoms with Crippen LogP contribution in [0.3, 0.4) is 0 Å². The van der Waals surface area contributed by atoms with Gasteiger partial charge in [-0.15, -0.1) is 0 Å². The van der Waals surface area contributed by atoms with E-state index < -0.39 is 11.9 Å². The highest BCUT2D eigenvalue weighted by Gasteiger charge is 2.39. The van der Waals surface area contributed by atoms with Crippen LogP contribution in [0.15, 0.2) is 46.9 Å². The number of amides is 4. The number of fused-ring (bicyclic) bond motifs is 2.